The molecule has 0 aromatic heterocycles. The van der Waals surface area contributed by atoms with E-state index >= 15 is 0 Å². The van der Waals surface area contributed by atoms with Crippen molar-refractivity contribution in [2.24, 2.45) is 0 Å². The van der Waals surface area contributed by atoms with Crippen LogP contribution in [0.3, 0.4) is 0 Å². The fraction of sp³-hybridized carbons (Fsp3) is 0.682. The van der Waals surface area contributed by atoms with Crippen molar-refractivity contribution in [1.29, 1.82) is 0 Å². The number of hydrogen-bond donors (Lipinski definition) is 3. The third-order valence-electron chi connectivity index (χ3n) is 4.62. The Labute approximate surface area is 210 Å². The zero-order valence-corrected chi connectivity index (χ0v) is 22.5. The Hall–Kier alpha value is -1.40. The lowest BCUT2D eigenvalue weighted by Crippen LogP contribution is -2.39. The summed E-state index contributed by atoms with van der Waals surface area (Å²) in [6, 6.07) is 4.82. The SMILES string of the molecule is CCCCCCCCCCCCOS(=O)(=O)O.CCCNC(=O)NS(=O)(=O)c1ccc(Cl)cc1. The Morgan fingerprint density at radius 2 is 1.35 bits per heavy atom. The molecule has 0 spiro atoms. The molecular weight excluding hydrogens is 504 g/mol. The van der Waals surface area contributed by atoms with Crippen molar-refractivity contribution >= 4 is 38.1 Å². The van der Waals surface area contributed by atoms with E-state index in [1.54, 1.807) is 0 Å². The fourth-order valence-corrected chi connectivity index (χ4v) is 4.21. The van der Waals surface area contributed by atoms with Gasteiger partial charge in [-0.1, -0.05) is 83.2 Å². The van der Waals surface area contributed by atoms with E-state index in [1.165, 1.54) is 69.2 Å². The van der Waals surface area contributed by atoms with Gasteiger partial charge in [-0.3, -0.25) is 4.55 Å². The van der Waals surface area contributed by atoms with Gasteiger partial charge in [-0.05, 0) is 37.1 Å². The molecule has 0 aliphatic carbocycles. The average molecular weight is 543 g/mol. The van der Waals surface area contributed by atoms with E-state index in [2.05, 4.69) is 16.4 Å². The number of urea groups is 1. The van der Waals surface area contributed by atoms with Crippen LogP contribution in [0, 0.1) is 0 Å². The molecule has 1 aromatic rings. The van der Waals surface area contributed by atoms with Crippen LogP contribution in [-0.2, 0) is 24.6 Å². The number of nitrogens with one attached hydrogen (secondary N) is 2. The minimum absolute atomic E-state index is 0.00597. The van der Waals surface area contributed by atoms with E-state index < -0.39 is 26.5 Å². The number of benzene rings is 1. The van der Waals surface area contributed by atoms with Gasteiger partial charge in [-0.2, -0.15) is 8.42 Å². The van der Waals surface area contributed by atoms with Gasteiger partial charge in [0.25, 0.3) is 10.0 Å². The molecular formula is C22H39ClN2O7S2. The Morgan fingerprint density at radius 3 is 1.82 bits per heavy atom. The summed E-state index contributed by atoms with van der Waals surface area (Å²) in [4.78, 5) is 11.2. The van der Waals surface area contributed by atoms with Crippen LogP contribution in [0.2, 0.25) is 5.02 Å². The molecule has 1 rings (SSSR count). The van der Waals surface area contributed by atoms with Gasteiger partial charge in [0.15, 0.2) is 0 Å². The van der Waals surface area contributed by atoms with Crippen LogP contribution in [-0.4, -0.2) is 40.6 Å². The number of halogens is 1. The van der Waals surface area contributed by atoms with Crippen molar-refractivity contribution in [3.05, 3.63) is 29.3 Å². The van der Waals surface area contributed by atoms with E-state index in [0.717, 1.165) is 19.3 Å². The molecule has 0 saturated heterocycles. The molecule has 12 heteroatoms. The lowest BCUT2D eigenvalue weighted by atomic mass is 10.1. The predicted molar refractivity (Wildman–Crippen MR) is 135 cm³/mol. The normalized spacial score (nSPS) is 11.4. The highest BCUT2D eigenvalue weighted by atomic mass is 35.5. The highest BCUT2D eigenvalue weighted by molar-refractivity contribution is 7.90. The Balaban J connectivity index is 0.000000641. The maximum Gasteiger partial charge on any atom is 0.397 e. The molecule has 34 heavy (non-hydrogen) atoms. The first kappa shape index (κ1) is 32.6. The topological polar surface area (TPSA) is 139 Å². The van der Waals surface area contributed by atoms with Crippen molar-refractivity contribution in [3.63, 3.8) is 0 Å². The van der Waals surface area contributed by atoms with Crippen LogP contribution in [0.25, 0.3) is 0 Å². The summed E-state index contributed by atoms with van der Waals surface area (Å²) in [5, 5.41) is 2.84. The molecule has 198 valence electrons. The Bertz CT molecular complexity index is 877. The second-order valence-electron chi connectivity index (χ2n) is 7.75. The van der Waals surface area contributed by atoms with Gasteiger partial charge in [0.05, 0.1) is 11.5 Å². The molecule has 2 amide bonds. The molecule has 0 bridgehead atoms. The van der Waals surface area contributed by atoms with Crippen LogP contribution in [0.4, 0.5) is 4.79 Å². The highest BCUT2D eigenvalue weighted by Crippen LogP contribution is 2.13. The van der Waals surface area contributed by atoms with Gasteiger partial charge in [0, 0.05) is 11.6 Å². The van der Waals surface area contributed by atoms with Crippen molar-refractivity contribution in [1.82, 2.24) is 10.0 Å². The summed E-state index contributed by atoms with van der Waals surface area (Å²) in [5.41, 5.74) is 0. The fourth-order valence-electron chi connectivity index (χ4n) is 2.82. The summed E-state index contributed by atoms with van der Waals surface area (Å²) in [5.74, 6) is 0. The molecule has 0 unspecified atom stereocenters. The number of rotatable bonds is 16. The minimum atomic E-state index is -4.23. The predicted octanol–water partition coefficient (Wildman–Crippen LogP) is 5.46. The van der Waals surface area contributed by atoms with Crippen LogP contribution in [0.15, 0.2) is 29.2 Å². The summed E-state index contributed by atoms with van der Waals surface area (Å²) >= 11 is 5.64. The maximum atomic E-state index is 11.7. The molecule has 0 aliphatic heterocycles. The third kappa shape index (κ3) is 19.0. The second-order valence-corrected chi connectivity index (χ2v) is 11.0. The largest absolute Gasteiger partial charge is 0.397 e. The number of carbonyl (C=O) groups excluding carboxylic acids is 1. The smallest absolute Gasteiger partial charge is 0.337 e. The van der Waals surface area contributed by atoms with Crippen molar-refractivity contribution < 1.29 is 30.4 Å². The minimum Gasteiger partial charge on any atom is -0.337 e. The van der Waals surface area contributed by atoms with E-state index in [9.17, 15) is 21.6 Å². The summed E-state index contributed by atoms with van der Waals surface area (Å²) in [6.45, 7) is 4.60. The first-order valence-electron chi connectivity index (χ1n) is 11.7. The second kappa shape index (κ2) is 18.9. The first-order chi connectivity index (χ1) is 16.0. The molecule has 0 heterocycles. The molecule has 0 aliphatic rings. The van der Waals surface area contributed by atoms with Gasteiger partial charge in [0.1, 0.15) is 0 Å². The van der Waals surface area contributed by atoms with Crippen LogP contribution >= 0.6 is 11.6 Å². The van der Waals surface area contributed by atoms with E-state index in [-0.39, 0.29) is 11.5 Å². The zero-order valence-electron chi connectivity index (χ0n) is 20.1. The van der Waals surface area contributed by atoms with Gasteiger partial charge in [-0.15, -0.1) is 0 Å². The van der Waals surface area contributed by atoms with Crippen LogP contribution in [0.1, 0.15) is 84.5 Å². The molecule has 0 radical (unpaired) electrons. The number of carbonyl (C=O) groups is 1. The monoisotopic (exact) mass is 542 g/mol. The average Bonchev–Trinajstić information content (AvgIpc) is 2.76. The zero-order chi connectivity index (χ0) is 25.9. The summed E-state index contributed by atoms with van der Waals surface area (Å²) in [6.07, 6.45) is 12.6. The van der Waals surface area contributed by atoms with Crippen molar-refractivity contribution in [3.8, 4) is 0 Å². The molecule has 0 saturated carbocycles. The molecule has 0 fully saturated rings. The standard InChI is InChI=1S/C12H26O4S.C10H13ClN2O3S/c1-2-3-4-5-6-7-8-9-10-11-12-16-17(13,14)15;1-2-7-12-10(14)13-17(15,16)9-5-3-8(11)4-6-9/h2-12H2,1H3,(H,13,14,15);3-6H,2,7H2,1H3,(H2,12,13,14). The van der Waals surface area contributed by atoms with Crippen LogP contribution < -0.4 is 10.0 Å². The maximum absolute atomic E-state index is 11.7. The summed E-state index contributed by atoms with van der Waals surface area (Å²) < 4.78 is 58.3. The first-order valence-corrected chi connectivity index (χ1v) is 14.9. The molecule has 9 nitrogen and oxygen atoms in total. The van der Waals surface area contributed by atoms with E-state index in [4.69, 9.17) is 16.2 Å². The van der Waals surface area contributed by atoms with E-state index in [1.807, 2.05) is 11.6 Å². The van der Waals surface area contributed by atoms with Crippen molar-refractivity contribution in [2.45, 2.75) is 89.4 Å². The van der Waals surface area contributed by atoms with E-state index in [0.29, 0.717) is 18.0 Å². The number of amides is 2. The van der Waals surface area contributed by atoms with Gasteiger partial charge in [0.2, 0.25) is 0 Å². The number of sulfonamides is 1. The Kier molecular flexibility index (Phi) is 18.1. The van der Waals surface area contributed by atoms with Gasteiger partial charge < -0.3 is 5.32 Å². The van der Waals surface area contributed by atoms with Crippen molar-refractivity contribution in [2.75, 3.05) is 13.2 Å². The number of hydrogen-bond acceptors (Lipinski definition) is 6. The van der Waals surface area contributed by atoms with Gasteiger partial charge >= 0.3 is 16.4 Å². The highest BCUT2D eigenvalue weighted by Gasteiger charge is 2.16. The quantitative estimate of drug-likeness (QED) is 0.186. The third-order valence-corrected chi connectivity index (χ3v) is 6.68. The molecule has 0 atom stereocenters. The number of unbranched alkanes of at least 4 members (excludes halogenated alkanes) is 9. The lowest BCUT2D eigenvalue weighted by molar-refractivity contribution is 0.245. The summed E-state index contributed by atoms with van der Waals surface area (Å²) in [7, 11) is -8.06. The Morgan fingerprint density at radius 1 is 0.853 bits per heavy atom. The lowest BCUT2D eigenvalue weighted by Gasteiger charge is -2.07. The van der Waals surface area contributed by atoms with Crippen LogP contribution in [0.5, 0.6) is 0 Å². The van der Waals surface area contributed by atoms with Gasteiger partial charge in [-0.25, -0.2) is 22.1 Å². The molecule has 3 N–H and O–H groups in total. The molecule has 1 aromatic carbocycles.